The Morgan fingerprint density at radius 3 is 2.50 bits per heavy atom. The summed E-state index contributed by atoms with van der Waals surface area (Å²) < 4.78 is 52.3. The number of benzene rings is 1. The summed E-state index contributed by atoms with van der Waals surface area (Å²) in [6.07, 6.45) is -4.61. The van der Waals surface area contributed by atoms with Crippen molar-refractivity contribution in [1.29, 1.82) is 0 Å². The molecule has 0 saturated heterocycles. The predicted molar refractivity (Wildman–Crippen MR) is 44.9 cm³/mol. The summed E-state index contributed by atoms with van der Waals surface area (Å²) in [6.45, 7) is -1.67. The Morgan fingerprint density at radius 2 is 2.00 bits per heavy atom. The lowest BCUT2D eigenvalue weighted by Crippen LogP contribution is -2.20. The SMILES string of the molecule is O=C(O)c1ccc(F)cc1OCC(F)(F)F. The molecule has 0 radical (unpaired) electrons. The van der Waals surface area contributed by atoms with E-state index in [1.807, 2.05) is 0 Å². The summed E-state index contributed by atoms with van der Waals surface area (Å²) in [5.74, 6) is -3.01. The predicted octanol–water partition coefficient (Wildman–Crippen LogP) is 2.47. The maximum absolute atomic E-state index is 12.7. The van der Waals surface area contributed by atoms with E-state index in [-0.39, 0.29) is 0 Å². The zero-order chi connectivity index (χ0) is 12.3. The number of alkyl halides is 3. The molecule has 1 rings (SSSR count). The molecule has 0 amide bonds. The topological polar surface area (TPSA) is 46.5 Å². The van der Waals surface area contributed by atoms with Crippen LogP contribution in [0.25, 0.3) is 0 Å². The van der Waals surface area contributed by atoms with Crippen molar-refractivity contribution in [2.24, 2.45) is 0 Å². The van der Waals surface area contributed by atoms with E-state index in [4.69, 9.17) is 5.11 Å². The smallest absolute Gasteiger partial charge is 0.422 e. The van der Waals surface area contributed by atoms with Gasteiger partial charge in [0.1, 0.15) is 17.1 Å². The van der Waals surface area contributed by atoms with Crippen LogP contribution in [0, 0.1) is 5.82 Å². The molecule has 1 N–H and O–H groups in total. The Hall–Kier alpha value is -1.79. The molecular weight excluding hydrogens is 232 g/mol. The van der Waals surface area contributed by atoms with Gasteiger partial charge in [-0.1, -0.05) is 0 Å². The van der Waals surface area contributed by atoms with Gasteiger partial charge in [0.2, 0.25) is 0 Å². The average Bonchev–Trinajstić information content (AvgIpc) is 2.13. The second-order valence-corrected chi connectivity index (χ2v) is 2.85. The fourth-order valence-corrected chi connectivity index (χ4v) is 0.952. The summed E-state index contributed by atoms with van der Waals surface area (Å²) in [4.78, 5) is 10.6. The first-order valence-electron chi connectivity index (χ1n) is 4.02. The summed E-state index contributed by atoms with van der Waals surface area (Å²) in [5.41, 5.74) is -0.523. The van der Waals surface area contributed by atoms with Gasteiger partial charge in [-0.15, -0.1) is 0 Å². The van der Waals surface area contributed by atoms with Crippen LogP contribution in [0.15, 0.2) is 18.2 Å². The molecule has 1 aromatic rings. The number of carboxylic acids is 1. The highest BCUT2D eigenvalue weighted by Crippen LogP contribution is 2.23. The maximum atomic E-state index is 12.7. The Morgan fingerprint density at radius 1 is 1.38 bits per heavy atom. The van der Waals surface area contributed by atoms with Gasteiger partial charge in [-0.05, 0) is 12.1 Å². The molecule has 3 nitrogen and oxygen atoms in total. The van der Waals surface area contributed by atoms with Crippen LogP contribution >= 0.6 is 0 Å². The number of ether oxygens (including phenoxy) is 1. The highest BCUT2D eigenvalue weighted by atomic mass is 19.4. The molecule has 0 bridgehead atoms. The molecule has 0 heterocycles. The third-order valence-electron chi connectivity index (χ3n) is 1.57. The van der Waals surface area contributed by atoms with Crippen molar-refractivity contribution in [2.45, 2.75) is 6.18 Å². The maximum Gasteiger partial charge on any atom is 0.422 e. The third-order valence-corrected chi connectivity index (χ3v) is 1.57. The van der Waals surface area contributed by atoms with E-state index in [0.29, 0.717) is 6.07 Å². The Kier molecular flexibility index (Phi) is 3.36. The highest BCUT2D eigenvalue weighted by molar-refractivity contribution is 5.90. The fourth-order valence-electron chi connectivity index (χ4n) is 0.952. The second-order valence-electron chi connectivity index (χ2n) is 2.85. The lowest BCUT2D eigenvalue weighted by atomic mass is 10.2. The van der Waals surface area contributed by atoms with Crippen molar-refractivity contribution in [2.75, 3.05) is 6.61 Å². The number of carboxylic acid groups (broad SMARTS) is 1. The van der Waals surface area contributed by atoms with Crippen molar-refractivity contribution < 1.29 is 32.2 Å². The number of carbonyl (C=O) groups is 1. The van der Waals surface area contributed by atoms with Gasteiger partial charge in [-0.3, -0.25) is 0 Å². The van der Waals surface area contributed by atoms with Gasteiger partial charge in [0.05, 0.1) is 0 Å². The van der Waals surface area contributed by atoms with Crippen molar-refractivity contribution in [3.63, 3.8) is 0 Å². The van der Waals surface area contributed by atoms with Crippen LogP contribution in [-0.2, 0) is 0 Å². The van der Waals surface area contributed by atoms with Crippen molar-refractivity contribution >= 4 is 5.97 Å². The van der Waals surface area contributed by atoms with Crippen LogP contribution in [0.3, 0.4) is 0 Å². The zero-order valence-electron chi connectivity index (χ0n) is 7.71. The molecule has 16 heavy (non-hydrogen) atoms. The summed E-state index contributed by atoms with van der Waals surface area (Å²) in [5, 5.41) is 8.60. The van der Waals surface area contributed by atoms with Crippen LogP contribution in [0.2, 0.25) is 0 Å². The van der Waals surface area contributed by atoms with E-state index in [0.717, 1.165) is 12.1 Å². The van der Waals surface area contributed by atoms with Crippen LogP contribution in [0.5, 0.6) is 5.75 Å². The number of rotatable bonds is 3. The minimum absolute atomic E-state index is 0.523. The molecule has 88 valence electrons. The normalized spacial score (nSPS) is 11.2. The first kappa shape index (κ1) is 12.3. The van der Waals surface area contributed by atoms with Gasteiger partial charge >= 0.3 is 12.1 Å². The second kappa shape index (κ2) is 4.38. The van der Waals surface area contributed by atoms with E-state index in [9.17, 15) is 22.4 Å². The molecule has 0 atom stereocenters. The van der Waals surface area contributed by atoms with Gasteiger partial charge in [0.15, 0.2) is 6.61 Å². The molecule has 0 aliphatic rings. The molecule has 7 heteroatoms. The fraction of sp³-hybridized carbons (Fsp3) is 0.222. The van der Waals surface area contributed by atoms with Crippen LogP contribution in [-0.4, -0.2) is 23.9 Å². The number of aromatic carboxylic acids is 1. The van der Waals surface area contributed by atoms with Gasteiger partial charge in [0, 0.05) is 6.07 Å². The standard InChI is InChI=1S/C9H6F4O3/c10-5-1-2-6(8(14)15)7(3-5)16-4-9(11,12)13/h1-3H,4H2,(H,14,15). The van der Waals surface area contributed by atoms with E-state index in [1.54, 1.807) is 0 Å². The monoisotopic (exact) mass is 238 g/mol. The highest BCUT2D eigenvalue weighted by Gasteiger charge is 2.29. The lowest BCUT2D eigenvalue weighted by molar-refractivity contribution is -0.153. The lowest BCUT2D eigenvalue weighted by Gasteiger charge is -2.11. The molecular formula is C9H6F4O3. The van der Waals surface area contributed by atoms with E-state index in [2.05, 4.69) is 4.74 Å². The molecule has 0 spiro atoms. The minimum Gasteiger partial charge on any atom is -0.483 e. The minimum atomic E-state index is -4.61. The van der Waals surface area contributed by atoms with Crippen molar-refractivity contribution in [3.8, 4) is 5.75 Å². The van der Waals surface area contributed by atoms with Gasteiger partial charge < -0.3 is 9.84 Å². The largest absolute Gasteiger partial charge is 0.483 e. The summed E-state index contributed by atoms with van der Waals surface area (Å²) in [7, 11) is 0. The first-order chi connectivity index (χ1) is 7.29. The van der Waals surface area contributed by atoms with Crippen molar-refractivity contribution in [3.05, 3.63) is 29.6 Å². The van der Waals surface area contributed by atoms with Gasteiger partial charge in [0.25, 0.3) is 0 Å². The van der Waals surface area contributed by atoms with Crippen LogP contribution in [0.4, 0.5) is 17.6 Å². The van der Waals surface area contributed by atoms with E-state index < -0.39 is 35.9 Å². The third kappa shape index (κ3) is 3.41. The molecule has 0 unspecified atom stereocenters. The number of hydrogen-bond donors (Lipinski definition) is 1. The molecule has 0 aromatic heterocycles. The number of hydrogen-bond acceptors (Lipinski definition) is 2. The van der Waals surface area contributed by atoms with E-state index >= 15 is 0 Å². The Bertz CT molecular complexity index is 400. The van der Waals surface area contributed by atoms with Crippen LogP contribution < -0.4 is 4.74 Å². The first-order valence-corrected chi connectivity index (χ1v) is 4.02. The van der Waals surface area contributed by atoms with E-state index in [1.165, 1.54) is 0 Å². The quantitative estimate of drug-likeness (QED) is 0.823. The van der Waals surface area contributed by atoms with Crippen LogP contribution in [0.1, 0.15) is 10.4 Å². The molecule has 1 aromatic carbocycles. The Balaban J connectivity index is 2.93. The van der Waals surface area contributed by atoms with Gasteiger partial charge in [-0.25, -0.2) is 9.18 Å². The average molecular weight is 238 g/mol. The summed E-state index contributed by atoms with van der Waals surface area (Å²) in [6, 6.07) is 2.25. The summed E-state index contributed by atoms with van der Waals surface area (Å²) >= 11 is 0. The zero-order valence-corrected chi connectivity index (χ0v) is 7.71. The number of halogens is 4. The molecule has 0 fully saturated rings. The van der Waals surface area contributed by atoms with Crippen molar-refractivity contribution in [1.82, 2.24) is 0 Å². The van der Waals surface area contributed by atoms with Gasteiger partial charge in [-0.2, -0.15) is 13.2 Å². The molecule has 0 aliphatic heterocycles. The molecule has 0 aliphatic carbocycles. The molecule has 0 saturated carbocycles. The Labute approximate surface area is 87.3 Å².